The Kier molecular flexibility index (Phi) is 5.01. The largest absolute Gasteiger partial charge is 0.396 e. The Labute approximate surface area is 114 Å². The van der Waals surface area contributed by atoms with Crippen LogP contribution in [0.15, 0.2) is 24.3 Å². The van der Waals surface area contributed by atoms with Crippen LogP contribution in [0.4, 0.5) is 0 Å². The lowest BCUT2D eigenvalue weighted by molar-refractivity contribution is 0.223. The minimum atomic E-state index is 0.269. The van der Waals surface area contributed by atoms with Crippen molar-refractivity contribution in [2.75, 3.05) is 26.2 Å². The van der Waals surface area contributed by atoms with Crippen molar-refractivity contribution in [3.8, 4) is 0 Å². The van der Waals surface area contributed by atoms with Crippen LogP contribution in [0.5, 0.6) is 0 Å². The van der Waals surface area contributed by atoms with E-state index in [0.29, 0.717) is 12.5 Å². The van der Waals surface area contributed by atoms with Gasteiger partial charge >= 0.3 is 0 Å². The molecule has 1 fully saturated rings. The highest BCUT2D eigenvalue weighted by atomic mass is 35.5. The van der Waals surface area contributed by atoms with Gasteiger partial charge in [0.1, 0.15) is 0 Å². The number of nitrogens with zero attached hydrogens (tertiary/aromatic N) is 1. The van der Waals surface area contributed by atoms with Gasteiger partial charge in [-0.3, -0.25) is 4.90 Å². The average Bonchev–Trinajstić information content (AvgIpc) is 2.82. The van der Waals surface area contributed by atoms with Gasteiger partial charge in [0.05, 0.1) is 0 Å². The quantitative estimate of drug-likeness (QED) is 0.859. The summed E-state index contributed by atoms with van der Waals surface area (Å²) >= 11 is 5.91. The Hall–Kier alpha value is -0.610. The Balaban J connectivity index is 2.03. The fourth-order valence-electron chi connectivity index (χ4n) is 2.74. The second-order valence-electron chi connectivity index (χ2n) is 4.96. The van der Waals surface area contributed by atoms with E-state index in [-0.39, 0.29) is 12.6 Å². The third-order valence-corrected chi connectivity index (χ3v) is 4.03. The van der Waals surface area contributed by atoms with Gasteiger partial charge in [-0.25, -0.2) is 0 Å². The summed E-state index contributed by atoms with van der Waals surface area (Å²) in [7, 11) is 0. The molecule has 2 unspecified atom stereocenters. The van der Waals surface area contributed by atoms with Gasteiger partial charge in [0.15, 0.2) is 0 Å². The van der Waals surface area contributed by atoms with Crippen LogP contribution in [-0.4, -0.2) is 36.2 Å². The van der Waals surface area contributed by atoms with Crippen molar-refractivity contribution in [1.82, 2.24) is 4.90 Å². The van der Waals surface area contributed by atoms with Crippen molar-refractivity contribution in [1.29, 1.82) is 0 Å². The minimum absolute atomic E-state index is 0.269. The van der Waals surface area contributed by atoms with Gasteiger partial charge in [-0.05, 0) is 43.0 Å². The molecule has 0 radical (unpaired) electrons. The summed E-state index contributed by atoms with van der Waals surface area (Å²) in [4.78, 5) is 2.42. The predicted octanol–water partition coefficient (Wildman–Crippen LogP) is 2.04. The summed E-state index contributed by atoms with van der Waals surface area (Å²) in [5.74, 6) is 0.608. The molecule has 1 aliphatic rings. The molecule has 0 saturated carbocycles. The predicted molar refractivity (Wildman–Crippen MR) is 74.6 cm³/mol. The van der Waals surface area contributed by atoms with Gasteiger partial charge in [-0.2, -0.15) is 0 Å². The summed E-state index contributed by atoms with van der Waals surface area (Å²) in [6.45, 7) is 3.00. The number of hydrogen-bond donors (Lipinski definition) is 2. The van der Waals surface area contributed by atoms with Crippen LogP contribution >= 0.6 is 11.6 Å². The number of halogens is 1. The molecule has 4 heteroatoms. The summed E-state index contributed by atoms with van der Waals surface area (Å²) in [5.41, 5.74) is 7.15. The molecule has 18 heavy (non-hydrogen) atoms. The molecule has 0 amide bonds. The second kappa shape index (κ2) is 6.53. The van der Waals surface area contributed by atoms with Crippen molar-refractivity contribution in [3.63, 3.8) is 0 Å². The summed E-state index contributed by atoms with van der Waals surface area (Å²) in [6, 6.07) is 8.21. The number of aliphatic hydroxyl groups is 1. The van der Waals surface area contributed by atoms with Gasteiger partial charge in [0, 0.05) is 30.8 Å². The Morgan fingerprint density at radius 3 is 2.72 bits per heavy atom. The number of benzene rings is 1. The first-order valence-corrected chi connectivity index (χ1v) is 6.93. The molecule has 0 bridgehead atoms. The van der Waals surface area contributed by atoms with Gasteiger partial charge in [-0.1, -0.05) is 23.7 Å². The third-order valence-electron chi connectivity index (χ3n) is 3.77. The molecule has 2 rings (SSSR count). The number of rotatable bonds is 5. The van der Waals surface area contributed by atoms with Crippen LogP contribution in [-0.2, 0) is 0 Å². The molecule has 1 saturated heterocycles. The normalized spacial score (nSPS) is 22.3. The second-order valence-corrected chi connectivity index (χ2v) is 5.40. The van der Waals surface area contributed by atoms with E-state index in [4.69, 9.17) is 22.4 Å². The number of aliphatic hydroxyl groups excluding tert-OH is 1. The zero-order chi connectivity index (χ0) is 13.0. The van der Waals surface area contributed by atoms with Crippen molar-refractivity contribution in [2.45, 2.75) is 18.9 Å². The molecule has 3 nitrogen and oxygen atoms in total. The highest BCUT2D eigenvalue weighted by molar-refractivity contribution is 6.30. The van der Waals surface area contributed by atoms with Crippen LogP contribution in [0.25, 0.3) is 0 Å². The molecule has 0 spiro atoms. The van der Waals surface area contributed by atoms with E-state index in [0.717, 1.165) is 31.0 Å². The van der Waals surface area contributed by atoms with Crippen molar-refractivity contribution >= 4 is 11.6 Å². The maximum atomic E-state index is 9.00. The van der Waals surface area contributed by atoms with E-state index in [2.05, 4.69) is 17.0 Å². The SMILES string of the molecule is NCC(c1ccc(Cl)cc1)N1CCC(CCO)C1. The van der Waals surface area contributed by atoms with Crippen LogP contribution in [0.3, 0.4) is 0 Å². The van der Waals surface area contributed by atoms with Gasteiger partial charge in [-0.15, -0.1) is 0 Å². The molecule has 0 aliphatic carbocycles. The standard InChI is InChI=1S/C14H21ClN2O/c15-13-3-1-12(2-4-13)14(9-16)17-7-5-11(10-17)6-8-18/h1-4,11,14,18H,5-10,16H2. The van der Waals surface area contributed by atoms with E-state index < -0.39 is 0 Å². The lowest BCUT2D eigenvalue weighted by Gasteiger charge is -2.27. The highest BCUT2D eigenvalue weighted by Crippen LogP contribution is 2.28. The van der Waals surface area contributed by atoms with Crippen LogP contribution in [0, 0.1) is 5.92 Å². The number of hydrogen-bond acceptors (Lipinski definition) is 3. The van der Waals surface area contributed by atoms with Crippen LogP contribution in [0.1, 0.15) is 24.4 Å². The maximum absolute atomic E-state index is 9.00. The number of nitrogens with two attached hydrogens (primary N) is 1. The molecular formula is C14H21ClN2O. The summed E-state index contributed by atoms with van der Waals surface area (Å²) in [5, 5.41) is 9.76. The summed E-state index contributed by atoms with van der Waals surface area (Å²) in [6.07, 6.45) is 2.05. The molecule has 0 aromatic heterocycles. The van der Waals surface area contributed by atoms with Gasteiger partial charge < -0.3 is 10.8 Å². The average molecular weight is 269 g/mol. The third kappa shape index (κ3) is 3.23. The zero-order valence-electron chi connectivity index (χ0n) is 10.6. The zero-order valence-corrected chi connectivity index (χ0v) is 11.3. The number of likely N-dealkylation sites (tertiary alicyclic amines) is 1. The molecule has 1 aromatic rings. The Morgan fingerprint density at radius 1 is 1.39 bits per heavy atom. The van der Waals surface area contributed by atoms with Gasteiger partial charge in [0.2, 0.25) is 0 Å². The Bertz CT molecular complexity index is 369. The van der Waals surface area contributed by atoms with Crippen LogP contribution in [0.2, 0.25) is 5.02 Å². The fourth-order valence-corrected chi connectivity index (χ4v) is 2.87. The summed E-state index contributed by atoms with van der Waals surface area (Å²) < 4.78 is 0. The minimum Gasteiger partial charge on any atom is -0.396 e. The molecule has 3 N–H and O–H groups in total. The smallest absolute Gasteiger partial charge is 0.0470 e. The van der Waals surface area contributed by atoms with Crippen molar-refractivity contribution in [3.05, 3.63) is 34.9 Å². The van der Waals surface area contributed by atoms with E-state index >= 15 is 0 Å². The van der Waals surface area contributed by atoms with Gasteiger partial charge in [0.25, 0.3) is 0 Å². The molecule has 1 heterocycles. The topological polar surface area (TPSA) is 49.5 Å². The first-order valence-electron chi connectivity index (χ1n) is 6.55. The lowest BCUT2D eigenvalue weighted by Crippen LogP contribution is -2.32. The Morgan fingerprint density at radius 2 is 2.11 bits per heavy atom. The first kappa shape index (κ1) is 13.8. The molecule has 1 aliphatic heterocycles. The first-order chi connectivity index (χ1) is 8.74. The van der Waals surface area contributed by atoms with Crippen molar-refractivity contribution in [2.24, 2.45) is 11.7 Å². The van der Waals surface area contributed by atoms with E-state index in [9.17, 15) is 0 Å². The molecular weight excluding hydrogens is 248 g/mol. The van der Waals surface area contributed by atoms with E-state index in [1.807, 2.05) is 12.1 Å². The fraction of sp³-hybridized carbons (Fsp3) is 0.571. The molecule has 2 atom stereocenters. The van der Waals surface area contributed by atoms with E-state index in [1.54, 1.807) is 0 Å². The monoisotopic (exact) mass is 268 g/mol. The van der Waals surface area contributed by atoms with E-state index in [1.165, 1.54) is 5.56 Å². The molecule has 100 valence electrons. The van der Waals surface area contributed by atoms with Crippen molar-refractivity contribution < 1.29 is 5.11 Å². The van der Waals surface area contributed by atoms with Crippen LogP contribution < -0.4 is 5.73 Å². The lowest BCUT2D eigenvalue weighted by atomic mass is 10.0. The maximum Gasteiger partial charge on any atom is 0.0470 e. The molecule has 1 aromatic carbocycles. The highest BCUT2D eigenvalue weighted by Gasteiger charge is 2.27.